The Hall–Kier alpha value is -1.47. The fourth-order valence-corrected chi connectivity index (χ4v) is 3.04. The van der Waals surface area contributed by atoms with Crippen LogP contribution in [0.5, 0.6) is 0 Å². The van der Waals surface area contributed by atoms with Gasteiger partial charge in [-0.05, 0) is 28.8 Å². The van der Waals surface area contributed by atoms with E-state index in [1.54, 1.807) is 42.7 Å². The molecule has 2 aromatic rings. The van der Waals surface area contributed by atoms with Crippen LogP contribution in [0, 0.1) is 0 Å². The lowest BCUT2D eigenvalue weighted by Crippen LogP contribution is -2.43. The zero-order valence-corrected chi connectivity index (χ0v) is 16.2. The summed E-state index contributed by atoms with van der Waals surface area (Å²) in [5.74, 6) is -0.764. The van der Waals surface area contributed by atoms with E-state index in [0.717, 1.165) is 16.0 Å². The summed E-state index contributed by atoms with van der Waals surface area (Å²) in [7, 11) is -1.04. The molecule has 2 aromatic carbocycles. The van der Waals surface area contributed by atoms with Gasteiger partial charge < -0.3 is 10.4 Å². The fourth-order valence-electron chi connectivity index (χ4n) is 2.39. The van der Waals surface area contributed by atoms with Crippen LogP contribution < -0.4 is 5.32 Å². The van der Waals surface area contributed by atoms with Crippen molar-refractivity contribution in [2.75, 3.05) is 12.9 Å². The highest BCUT2D eigenvalue weighted by molar-refractivity contribution is 7.84. The van der Waals surface area contributed by atoms with E-state index in [1.165, 1.54) is 0 Å². The van der Waals surface area contributed by atoms with E-state index < -0.39 is 40.4 Å². The predicted octanol–water partition coefficient (Wildman–Crippen LogP) is 3.38. The van der Waals surface area contributed by atoms with Crippen LogP contribution in [-0.4, -0.2) is 39.0 Å². The van der Waals surface area contributed by atoms with Crippen molar-refractivity contribution in [1.29, 1.82) is 0 Å². The quantitative estimate of drug-likeness (QED) is 0.678. The molecule has 1 amide bonds. The molecule has 0 aliphatic carbocycles. The number of alkyl halides is 3. The van der Waals surface area contributed by atoms with Crippen LogP contribution in [0.15, 0.2) is 53.4 Å². The summed E-state index contributed by atoms with van der Waals surface area (Å²) in [5.41, 5.74) is 2.25. The molecule has 26 heavy (non-hydrogen) atoms. The number of hydrogen-bond acceptors (Lipinski definition) is 3. The second kappa shape index (κ2) is 9.46. The maximum Gasteiger partial charge on any atom is 0.253 e. The monoisotopic (exact) mass is 417 g/mol. The minimum Gasteiger partial charge on any atom is -0.386 e. The highest BCUT2D eigenvalue weighted by atomic mass is 35.5. The molecule has 0 saturated carbocycles. The number of nitrogens with one attached hydrogen (secondary N) is 1. The van der Waals surface area contributed by atoms with Crippen LogP contribution in [0.4, 0.5) is 4.39 Å². The standard InChI is InChI=1S/C18H18Cl2FNO3S/c1-26(25)14-8-6-12(7-9-14)11-2-4-13(5-3-11)16(23)15(10-21)22-18(24)17(19)20/h2-9,15-17,23H,10H2,1H3,(H,22,24). The summed E-state index contributed by atoms with van der Waals surface area (Å²) in [6, 6.07) is 13.0. The van der Waals surface area contributed by atoms with Gasteiger partial charge in [0.15, 0.2) is 4.84 Å². The highest BCUT2D eigenvalue weighted by Gasteiger charge is 2.25. The first-order chi connectivity index (χ1) is 12.3. The van der Waals surface area contributed by atoms with Gasteiger partial charge in [0.1, 0.15) is 12.8 Å². The van der Waals surface area contributed by atoms with Gasteiger partial charge in [0.25, 0.3) is 5.91 Å². The molecule has 140 valence electrons. The highest BCUT2D eigenvalue weighted by Crippen LogP contribution is 2.24. The number of carbonyl (C=O) groups is 1. The average molecular weight is 418 g/mol. The molecular formula is C18H18Cl2FNO3S. The van der Waals surface area contributed by atoms with Gasteiger partial charge in [-0.3, -0.25) is 9.00 Å². The van der Waals surface area contributed by atoms with E-state index in [4.69, 9.17) is 23.2 Å². The van der Waals surface area contributed by atoms with E-state index in [0.29, 0.717) is 5.56 Å². The third kappa shape index (κ3) is 5.27. The lowest BCUT2D eigenvalue weighted by molar-refractivity contribution is -0.121. The molecule has 3 unspecified atom stereocenters. The number of hydrogen-bond donors (Lipinski definition) is 2. The third-order valence-corrected chi connectivity index (χ3v) is 5.18. The predicted molar refractivity (Wildman–Crippen MR) is 103 cm³/mol. The van der Waals surface area contributed by atoms with Crippen molar-refractivity contribution in [2.24, 2.45) is 0 Å². The molecule has 4 nitrogen and oxygen atoms in total. The van der Waals surface area contributed by atoms with Crippen molar-refractivity contribution in [3.63, 3.8) is 0 Å². The van der Waals surface area contributed by atoms with Crippen molar-refractivity contribution in [1.82, 2.24) is 5.32 Å². The number of rotatable bonds is 7. The van der Waals surface area contributed by atoms with Gasteiger partial charge in [0.2, 0.25) is 0 Å². The molecule has 0 radical (unpaired) electrons. The lowest BCUT2D eigenvalue weighted by Gasteiger charge is -2.22. The van der Waals surface area contributed by atoms with Crippen LogP contribution in [0.2, 0.25) is 0 Å². The second-order valence-corrected chi connectivity index (χ2v) is 8.09. The molecule has 0 aliphatic heterocycles. The lowest BCUT2D eigenvalue weighted by atomic mass is 9.99. The molecule has 8 heteroatoms. The van der Waals surface area contributed by atoms with Crippen molar-refractivity contribution >= 4 is 39.9 Å². The van der Waals surface area contributed by atoms with Crippen molar-refractivity contribution in [2.45, 2.75) is 21.9 Å². The van der Waals surface area contributed by atoms with Crippen LogP contribution in [0.1, 0.15) is 11.7 Å². The van der Waals surface area contributed by atoms with E-state index in [9.17, 15) is 18.5 Å². The number of aliphatic hydroxyl groups is 1. The Bertz CT molecular complexity index is 769. The van der Waals surface area contributed by atoms with E-state index in [1.807, 2.05) is 12.1 Å². The molecule has 0 saturated heterocycles. The Morgan fingerprint density at radius 2 is 1.62 bits per heavy atom. The van der Waals surface area contributed by atoms with Gasteiger partial charge in [0.05, 0.1) is 6.04 Å². The van der Waals surface area contributed by atoms with Crippen LogP contribution in [0.25, 0.3) is 11.1 Å². The second-order valence-electron chi connectivity index (χ2n) is 5.62. The van der Waals surface area contributed by atoms with E-state index >= 15 is 0 Å². The first kappa shape index (κ1) is 20.8. The molecule has 0 spiro atoms. The minimum absolute atomic E-state index is 0.448. The number of benzene rings is 2. The Balaban J connectivity index is 2.14. The molecule has 0 aromatic heterocycles. The minimum atomic E-state index is -1.33. The first-order valence-corrected chi connectivity index (χ1v) is 10.1. The van der Waals surface area contributed by atoms with E-state index in [-0.39, 0.29) is 0 Å². The summed E-state index contributed by atoms with van der Waals surface area (Å²) < 4.78 is 24.6. The van der Waals surface area contributed by atoms with Gasteiger partial charge in [-0.15, -0.1) is 0 Å². The van der Waals surface area contributed by atoms with Gasteiger partial charge in [-0.2, -0.15) is 0 Å². The third-order valence-electron chi connectivity index (χ3n) is 3.85. The largest absolute Gasteiger partial charge is 0.386 e. The summed E-state index contributed by atoms with van der Waals surface area (Å²) in [5, 5.41) is 12.6. The SMILES string of the molecule is CS(=O)c1ccc(-c2ccc(C(O)C(CF)NC(=O)C(Cl)Cl)cc2)cc1. The van der Waals surface area contributed by atoms with Crippen molar-refractivity contribution in [3.8, 4) is 11.1 Å². The van der Waals surface area contributed by atoms with Gasteiger partial charge in [0, 0.05) is 22.0 Å². The van der Waals surface area contributed by atoms with Crippen LogP contribution >= 0.6 is 23.2 Å². The Labute approximate surface area is 163 Å². The molecule has 2 rings (SSSR count). The Kier molecular flexibility index (Phi) is 7.58. The fraction of sp³-hybridized carbons (Fsp3) is 0.278. The number of amides is 1. The molecule has 0 bridgehead atoms. The normalized spacial score (nSPS) is 14.7. The maximum atomic E-state index is 13.2. The number of aliphatic hydroxyl groups excluding tert-OH is 1. The summed E-state index contributed by atoms with van der Waals surface area (Å²) in [6.45, 7) is -0.967. The Morgan fingerprint density at radius 1 is 1.12 bits per heavy atom. The molecule has 2 N–H and O–H groups in total. The smallest absolute Gasteiger partial charge is 0.253 e. The van der Waals surface area contributed by atoms with Crippen molar-refractivity contribution in [3.05, 3.63) is 54.1 Å². The molecular weight excluding hydrogens is 400 g/mol. The maximum absolute atomic E-state index is 13.2. The van der Waals surface area contributed by atoms with Gasteiger partial charge in [-0.1, -0.05) is 59.6 Å². The summed E-state index contributed by atoms with van der Waals surface area (Å²) >= 11 is 10.9. The van der Waals surface area contributed by atoms with Gasteiger partial charge >= 0.3 is 0 Å². The number of carbonyl (C=O) groups excluding carboxylic acids is 1. The average Bonchev–Trinajstić information content (AvgIpc) is 2.65. The zero-order valence-electron chi connectivity index (χ0n) is 13.9. The molecule has 3 atom stereocenters. The number of halogens is 3. The summed E-state index contributed by atoms with van der Waals surface area (Å²) in [4.78, 5) is 10.9. The molecule has 0 aliphatic rings. The van der Waals surface area contributed by atoms with Crippen LogP contribution in [0.3, 0.4) is 0 Å². The first-order valence-electron chi connectivity index (χ1n) is 7.70. The molecule has 0 heterocycles. The Morgan fingerprint density at radius 3 is 2.04 bits per heavy atom. The van der Waals surface area contributed by atoms with E-state index in [2.05, 4.69) is 5.32 Å². The van der Waals surface area contributed by atoms with Crippen LogP contribution in [-0.2, 0) is 15.6 Å². The van der Waals surface area contributed by atoms with Crippen molar-refractivity contribution < 1.29 is 18.5 Å². The van der Waals surface area contributed by atoms with Gasteiger partial charge in [-0.25, -0.2) is 4.39 Å². The molecule has 0 fully saturated rings. The zero-order chi connectivity index (χ0) is 19.3. The topological polar surface area (TPSA) is 66.4 Å². The summed E-state index contributed by atoms with van der Waals surface area (Å²) in [6.07, 6.45) is 0.372.